The zero-order valence-electron chi connectivity index (χ0n) is 14.7. The first-order valence-electron chi connectivity index (χ1n) is 8.42. The lowest BCUT2D eigenvalue weighted by molar-refractivity contribution is 0.0893. The molecule has 1 amide bonds. The number of pyridine rings is 1. The zero-order valence-corrected chi connectivity index (χ0v) is 15.6. The molecule has 0 aliphatic carbocycles. The van der Waals surface area contributed by atoms with Gasteiger partial charge in [0.25, 0.3) is 5.56 Å². The summed E-state index contributed by atoms with van der Waals surface area (Å²) in [6.45, 7) is 0.796. The molecular formula is C18H20N2O6S. The maximum absolute atomic E-state index is 12.4. The van der Waals surface area contributed by atoms with Crippen LogP contribution in [0.4, 0.5) is 4.79 Å². The number of benzene rings is 1. The SMILES string of the molecule is CS(=O)(=O)c1cccc(-n2ccc(OC3CCN(C(=O)O)CC3)cc2=O)c1. The van der Waals surface area contributed by atoms with Crippen LogP contribution in [-0.4, -0.2) is 54.5 Å². The molecule has 1 N–H and O–H groups in total. The number of hydrogen-bond donors (Lipinski definition) is 1. The van der Waals surface area contributed by atoms with Crippen LogP contribution in [0.2, 0.25) is 0 Å². The van der Waals surface area contributed by atoms with Crippen LogP contribution >= 0.6 is 0 Å². The molecule has 2 heterocycles. The van der Waals surface area contributed by atoms with Crippen molar-refractivity contribution in [1.82, 2.24) is 9.47 Å². The van der Waals surface area contributed by atoms with Gasteiger partial charge in [-0.1, -0.05) is 6.07 Å². The van der Waals surface area contributed by atoms with Crippen molar-refractivity contribution < 1.29 is 23.1 Å². The van der Waals surface area contributed by atoms with Crippen molar-refractivity contribution in [2.24, 2.45) is 0 Å². The lowest BCUT2D eigenvalue weighted by atomic mass is 10.1. The van der Waals surface area contributed by atoms with E-state index in [4.69, 9.17) is 9.84 Å². The summed E-state index contributed by atoms with van der Waals surface area (Å²) in [5.41, 5.74) is 0.102. The highest BCUT2D eigenvalue weighted by Crippen LogP contribution is 2.19. The van der Waals surface area contributed by atoms with Gasteiger partial charge in [-0.05, 0) is 24.3 Å². The molecule has 1 aromatic heterocycles. The number of carboxylic acid groups (broad SMARTS) is 1. The minimum atomic E-state index is -3.37. The molecule has 1 aliphatic rings. The van der Waals surface area contributed by atoms with E-state index in [0.717, 1.165) is 6.26 Å². The number of carbonyl (C=O) groups is 1. The Morgan fingerprint density at radius 2 is 1.89 bits per heavy atom. The van der Waals surface area contributed by atoms with Gasteiger partial charge in [0, 0.05) is 50.1 Å². The molecule has 2 aromatic rings. The molecule has 9 heteroatoms. The Labute approximate surface area is 156 Å². The number of aromatic nitrogens is 1. The van der Waals surface area contributed by atoms with Gasteiger partial charge in [-0.2, -0.15) is 0 Å². The number of likely N-dealkylation sites (tertiary alicyclic amines) is 1. The van der Waals surface area contributed by atoms with Gasteiger partial charge in [0.15, 0.2) is 9.84 Å². The van der Waals surface area contributed by atoms with E-state index in [9.17, 15) is 18.0 Å². The van der Waals surface area contributed by atoms with Gasteiger partial charge in [-0.3, -0.25) is 9.36 Å². The van der Waals surface area contributed by atoms with Crippen LogP contribution in [0.1, 0.15) is 12.8 Å². The first-order chi connectivity index (χ1) is 12.7. The van der Waals surface area contributed by atoms with Crippen molar-refractivity contribution in [2.75, 3.05) is 19.3 Å². The highest BCUT2D eigenvalue weighted by Gasteiger charge is 2.23. The third kappa shape index (κ3) is 4.48. The van der Waals surface area contributed by atoms with Gasteiger partial charge < -0.3 is 14.7 Å². The molecule has 144 valence electrons. The number of rotatable bonds is 4. The van der Waals surface area contributed by atoms with E-state index in [-0.39, 0.29) is 16.6 Å². The van der Waals surface area contributed by atoms with Crippen LogP contribution in [0, 0.1) is 0 Å². The number of nitrogens with zero attached hydrogens (tertiary/aromatic N) is 2. The van der Waals surface area contributed by atoms with Crippen LogP contribution in [0.25, 0.3) is 5.69 Å². The third-order valence-corrected chi connectivity index (χ3v) is 5.54. The fourth-order valence-electron chi connectivity index (χ4n) is 2.97. The second-order valence-corrected chi connectivity index (χ2v) is 8.44. The normalized spacial score (nSPS) is 15.5. The molecular weight excluding hydrogens is 372 g/mol. The predicted octanol–water partition coefficient (Wildman–Crippen LogP) is 1.76. The van der Waals surface area contributed by atoms with Crippen LogP contribution < -0.4 is 10.3 Å². The molecule has 1 aromatic carbocycles. The molecule has 27 heavy (non-hydrogen) atoms. The summed E-state index contributed by atoms with van der Waals surface area (Å²) >= 11 is 0. The Balaban J connectivity index is 1.75. The van der Waals surface area contributed by atoms with Gasteiger partial charge in [0.2, 0.25) is 0 Å². The number of amides is 1. The quantitative estimate of drug-likeness (QED) is 0.850. The van der Waals surface area contributed by atoms with Crippen molar-refractivity contribution >= 4 is 15.9 Å². The molecule has 0 saturated carbocycles. The summed E-state index contributed by atoms with van der Waals surface area (Å²) in [6, 6.07) is 9.13. The molecule has 0 spiro atoms. The van der Waals surface area contributed by atoms with Gasteiger partial charge in [0.05, 0.1) is 4.90 Å². The Morgan fingerprint density at radius 1 is 1.19 bits per heavy atom. The van der Waals surface area contributed by atoms with Crippen molar-refractivity contribution in [3.05, 3.63) is 52.9 Å². The van der Waals surface area contributed by atoms with E-state index in [1.54, 1.807) is 18.2 Å². The van der Waals surface area contributed by atoms with Gasteiger partial charge in [-0.25, -0.2) is 13.2 Å². The van der Waals surface area contributed by atoms with Gasteiger partial charge in [0.1, 0.15) is 11.9 Å². The average Bonchev–Trinajstić information content (AvgIpc) is 2.62. The summed E-state index contributed by atoms with van der Waals surface area (Å²) in [5.74, 6) is 0.407. The molecule has 3 rings (SSSR count). The van der Waals surface area contributed by atoms with E-state index in [1.165, 1.54) is 33.9 Å². The van der Waals surface area contributed by atoms with Crippen molar-refractivity contribution in [1.29, 1.82) is 0 Å². The van der Waals surface area contributed by atoms with Crippen molar-refractivity contribution in [2.45, 2.75) is 23.8 Å². The largest absolute Gasteiger partial charge is 0.490 e. The Bertz CT molecular complexity index is 1010. The fourth-order valence-corrected chi connectivity index (χ4v) is 3.63. The predicted molar refractivity (Wildman–Crippen MR) is 98.4 cm³/mol. The van der Waals surface area contributed by atoms with Crippen molar-refractivity contribution in [3.8, 4) is 11.4 Å². The summed E-state index contributed by atoms with van der Waals surface area (Å²) < 4.78 is 30.5. The maximum atomic E-state index is 12.4. The molecule has 1 saturated heterocycles. The van der Waals surface area contributed by atoms with Crippen LogP contribution in [0.3, 0.4) is 0 Å². The first-order valence-corrected chi connectivity index (χ1v) is 10.3. The zero-order chi connectivity index (χ0) is 19.6. The summed E-state index contributed by atoms with van der Waals surface area (Å²) in [6.07, 6.45) is 2.68. The van der Waals surface area contributed by atoms with E-state index >= 15 is 0 Å². The van der Waals surface area contributed by atoms with Gasteiger partial charge >= 0.3 is 6.09 Å². The van der Waals surface area contributed by atoms with E-state index in [2.05, 4.69) is 0 Å². The number of piperidine rings is 1. The first kappa shape index (κ1) is 19.0. The molecule has 1 fully saturated rings. The second-order valence-electron chi connectivity index (χ2n) is 6.43. The number of ether oxygens (including phenoxy) is 1. The molecule has 8 nitrogen and oxygen atoms in total. The van der Waals surface area contributed by atoms with Crippen LogP contribution in [0.5, 0.6) is 5.75 Å². The molecule has 0 bridgehead atoms. The molecule has 1 aliphatic heterocycles. The number of sulfone groups is 1. The smallest absolute Gasteiger partial charge is 0.407 e. The standard InChI is InChI=1S/C18H20N2O6S/c1-27(24,25)16-4-2-3-13(11-16)20-10-7-15(12-17(20)21)26-14-5-8-19(9-6-14)18(22)23/h2-4,7,10-12,14H,5-6,8-9H2,1H3,(H,22,23). The monoisotopic (exact) mass is 392 g/mol. The van der Waals surface area contributed by atoms with Crippen LogP contribution in [-0.2, 0) is 9.84 Å². The number of hydrogen-bond acceptors (Lipinski definition) is 5. The molecule has 0 unspecified atom stereocenters. The van der Waals surface area contributed by atoms with E-state index < -0.39 is 15.9 Å². The van der Waals surface area contributed by atoms with E-state index in [1.807, 2.05) is 0 Å². The van der Waals surface area contributed by atoms with E-state index in [0.29, 0.717) is 37.4 Å². The highest BCUT2D eigenvalue weighted by atomic mass is 32.2. The van der Waals surface area contributed by atoms with Gasteiger partial charge in [-0.15, -0.1) is 0 Å². The maximum Gasteiger partial charge on any atom is 0.407 e. The topological polar surface area (TPSA) is 106 Å². The molecule has 0 radical (unpaired) electrons. The Hall–Kier alpha value is -2.81. The second kappa shape index (κ2) is 7.43. The molecule has 0 atom stereocenters. The minimum absolute atomic E-state index is 0.136. The minimum Gasteiger partial charge on any atom is -0.490 e. The average molecular weight is 392 g/mol. The fraction of sp³-hybridized carbons (Fsp3) is 0.333. The summed E-state index contributed by atoms with van der Waals surface area (Å²) in [7, 11) is -3.37. The summed E-state index contributed by atoms with van der Waals surface area (Å²) in [5, 5.41) is 8.96. The summed E-state index contributed by atoms with van der Waals surface area (Å²) in [4.78, 5) is 24.8. The Morgan fingerprint density at radius 3 is 2.48 bits per heavy atom. The Kier molecular flexibility index (Phi) is 5.22. The lowest BCUT2D eigenvalue weighted by Crippen LogP contribution is -2.41. The third-order valence-electron chi connectivity index (χ3n) is 4.43. The lowest BCUT2D eigenvalue weighted by Gasteiger charge is -2.30. The van der Waals surface area contributed by atoms with Crippen molar-refractivity contribution in [3.63, 3.8) is 0 Å². The highest BCUT2D eigenvalue weighted by molar-refractivity contribution is 7.90. The van der Waals surface area contributed by atoms with Crippen LogP contribution in [0.15, 0.2) is 52.3 Å².